The minimum atomic E-state index is -3.60. The van der Waals surface area contributed by atoms with Gasteiger partial charge in [0.1, 0.15) is 5.75 Å². The highest BCUT2D eigenvalue weighted by molar-refractivity contribution is 7.98. The molecule has 0 saturated carbocycles. The monoisotopic (exact) mass is 460 g/mol. The van der Waals surface area contributed by atoms with Gasteiger partial charge in [0, 0.05) is 11.3 Å². The van der Waals surface area contributed by atoms with Crippen LogP contribution in [0.15, 0.2) is 57.2 Å². The van der Waals surface area contributed by atoms with Crippen molar-refractivity contribution in [3.05, 3.63) is 47.3 Å². The van der Waals surface area contributed by atoms with E-state index in [0.717, 1.165) is 15.1 Å². The molecule has 1 amide bonds. The van der Waals surface area contributed by atoms with Gasteiger partial charge in [-0.15, -0.1) is 18.2 Å². The third kappa shape index (κ3) is 4.95. The Hall–Kier alpha value is -2.54. The average Bonchev–Trinajstić information content (AvgIpc) is 3.08. The number of aromatic nitrogens is 1. The number of nitrogens with zero attached hydrogens (tertiary/aromatic N) is 2. The molecule has 0 aliphatic heterocycles. The molecule has 156 valence electrons. The number of sulfone groups is 1. The van der Waals surface area contributed by atoms with Gasteiger partial charge in [0.15, 0.2) is 14.6 Å². The van der Waals surface area contributed by atoms with Crippen LogP contribution >= 0.6 is 23.1 Å². The molecule has 0 aliphatic carbocycles. The van der Waals surface area contributed by atoms with Crippen molar-refractivity contribution in [2.45, 2.75) is 22.8 Å². The van der Waals surface area contributed by atoms with Gasteiger partial charge in [0.25, 0.3) is 0 Å². The summed E-state index contributed by atoms with van der Waals surface area (Å²) >= 11 is 2.98. The van der Waals surface area contributed by atoms with Crippen LogP contribution in [0.25, 0.3) is 10.2 Å². The molecule has 6 nitrogen and oxygen atoms in total. The van der Waals surface area contributed by atoms with Crippen LogP contribution in [0.4, 0.5) is 0 Å². The van der Waals surface area contributed by atoms with Crippen LogP contribution < -0.4 is 9.54 Å². The van der Waals surface area contributed by atoms with Crippen molar-refractivity contribution < 1.29 is 17.9 Å². The van der Waals surface area contributed by atoms with E-state index in [1.54, 1.807) is 28.5 Å². The second kappa shape index (κ2) is 9.51. The van der Waals surface area contributed by atoms with E-state index in [1.807, 2.05) is 24.5 Å². The summed E-state index contributed by atoms with van der Waals surface area (Å²) in [6, 6.07) is 12.0. The predicted octanol–water partition coefficient (Wildman–Crippen LogP) is 3.36. The Morgan fingerprint density at radius 1 is 1.27 bits per heavy atom. The van der Waals surface area contributed by atoms with E-state index in [0.29, 0.717) is 10.6 Å². The molecule has 2 aromatic carbocycles. The van der Waals surface area contributed by atoms with Crippen LogP contribution in [0, 0.1) is 12.3 Å². The van der Waals surface area contributed by atoms with Crippen LogP contribution in [0.5, 0.6) is 5.75 Å². The summed E-state index contributed by atoms with van der Waals surface area (Å²) in [7, 11) is -2.10. The number of terminal acetylenes is 1. The molecule has 0 spiro atoms. The average molecular weight is 461 g/mol. The fraction of sp³-hybridized carbons (Fsp3) is 0.238. The minimum absolute atomic E-state index is 0.143. The van der Waals surface area contributed by atoms with Gasteiger partial charge in [-0.1, -0.05) is 17.3 Å². The number of carbonyl (C=O) groups is 1. The molecule has 1 aromatic heterocycles. The van der Waals surface area contributed by atoms with E-state index in [9.17, 15) is 13.2 Å². The van der Waals surface area contributed by atoms with Crippen LogP contribution in [0.2, 0.25) is 0 Å². The highest BCUT2D eigenvalue weighted by Gasteiger charge is 2.17. The lowest BCUT2D eigenvalue weighted by atomic mass is 10.3. The van der Waals surface area contributed by atoms with Crippen LogP contribution in [0.1, 0.15) is 6.42 Å². The van der Waals surface area contributed by atoms with Gasteiger partial charge >= 0.3 is 0 Å². The number of rotatable bonds is 7. The zero-order chi connectivity index (χ0) is 21.7. The van der Waals surface area contributed by atoms with Crippen LogP contribution in [-0.2, 0) is 21.2 Å². The van der Waals surface area contributed by atoms with Gasteiger partial charge in [0.2, 0.25) is 5.91 Å². The molecule has 0 atom stereocenters. The number of methoxy groups -OCH3 is 1. The summed E-state index contributed by atoms with van der Waals surface area (Å²) in [5.41, 5.74) is 0.896. The molecule has 0 fully saturated rings. The molecule has 0 unspecified atom stereocenters. The fourth-order valence-electron chi connectivity index (χ4n) is 2.80. The molecule has 0 N–H and O–H groups in total. The number of carbonyl (C=O) groups excluding carboxylic acids is 1. The van der Waals surface area contributed by atoms with E-state index >= 15 is 0 Å². The van der Waals surface area contributed by atoms with Crippen LogP contribution in [0.3, 0.4) is 0 Å². The lowest BCUT2D eigenvalue weighted by Crippen LogP contribution is -2.18. The van der Waals surface area contributed by atoms with Crippen molar-refractivity contribution in [1.29, 1.82) is 0 Å². The maximum atomic E-state index is 12.5. The van der Waals surface area contributed by atoms with Gasteiger partial charge in [-0.05, 0) is 48.7 Å². The minimum Gasteiger partial charge on any atom is -0.497 e. The number of ether oxygens (including phenoxy) is 1. The number of thiazole rings is 1. The molecule has 0 bridgehead atoms. The zero-order valence-corrected chi connectivity index (χ0v) is 18.9. The van der Waals surface area contributed by atoms with Crippen molar-refractivity contribution >= 4 is 49.1 Å². The molecule has 3 aromatic rings. The first-order valence-corrected chi connectivity index (χ1v) is 12.6. The summed E-state index contributed by atoms with van der Waals surface area (Å²) in [5, 5.41) is 0. The van der Waals surface area contributed by atoms with E-state index in [-0.39, 0.29) is 23.6 Å². The SMILES string of the molecule is C#CCn1c(=NC(=O)CCS(=O)(=O)c2ccc(OC)cc2)sc2cc(SC)ccc21. The molecule has 30 heavy (non-hydrogen) atoms. The summed E-state index contributed by atoms with van der Waals surface area (Å²) in [5.74, 6) is 2.31. The van der Waals surface area contributed by atoms with Gasteiger partial charge < -0.3 is 9.30 Å². The van der Waals surface area contributed by atoms with Gasteiger partial charge in [-0.3, -0.25) is 4.79 Å². The summed E-state index contributed by atoms with van der Waals surface area (Å²) < 4.78 is 32.8. The number of hydrogen-bond acceptors (Lipinski definition) is 6. The van der Waals surface area contributed by atoms with E-state index < -0.39 is 15.7 Å². The Bertz CT molecular complexity index is 1280. The van der Waals surface area contributed by atoms with Gasteiger partial charge in [-0.25, -0.2) is 8.42 Å². The summed E-state index contributed by atoms with van der Waals surface area (Å²) in [6.45, 7) is 0.273. The third-order valence-corrected chi connectivity index (χ3v) is 7.86. The summed E-state index contributed by atoms with van der Waals surface area (Å²) in [4.78, 5) is 18.3. The maximum Gasteiger partial charge on any atom is 0.249 e. The predicted molar refractivity (Wildman–Crippen MR) is 121 cm³/mol. The van der Waals surface area contributed by atoms with Crippen molar-refractivity contribution in [3.63, 3.8) is 0 Å². The van der Waals surface area contributed by atoms with Crippen LogP contribution in [-0.4, -0.2) is 38.0 Å². The van der Waals surface area contributed by atoms with E-state index in [4.69, 9.17) is 11.2 Å². The van der Waals surface area contributed by atoms with Gasteiger partial charge in [0.05, 0.1) is 34.5 Å². The van der Waals surface area contributed by atoms with Gasteiger partial charge in [-0.2, -0.15) is 4.99 Å². The fourth-order valence-corrected chi connectivity index (χ4v) is 5.63. The topological polar surface area (TPSA) is 77.7 Å². The molecule has 0 saturated heterocycles. The molecule has 0 aliphatic rings. The Morgan fingerprint density at radius 3 is 2.63 bits per heavy atom. The first-order chi connectivity index (χ1) is 14.4. The largest absolute Gasteiger partial charge is 0.497 e. The zero-order valence-electron chi connectivity index (χ0n) is 16.5. The van der Waals surface area contributed by atoms with Crippen molar-refractivity contribution in [2.75, 3.05) is 19.1 Å². The number of fused-ring (bicyclic) bond motifs is 1. The first-order valence-electron chi connectivity index (χ1n) is 8.93. The Labute approximate surface area is 183 Å². The lowest BCUT2D eigenvalue weighted by molar-refractivity contribution is -0.117. The summed E-state index contributed by atoms with van der Waals surface area (Å²) in [6.07, 6.45) is 7.26. The normalized spacial score (nSPS) is 12.1. The smallest absolute Gasteiger partial charge is 0.249 e. The molecular formula is C21H20N2O4S3. The quantitative estimate of drug-likeness (QED) is 0.399. The number of benzene rings is 2. The second-order valence-electron chi connectivity index (χ2n) is 6.26. The van der Waals surface area contributed by atoms with Crippen molar-refractivity contribution in [2.24, 2.45) is 4.99 Å². The number of amides is 1. The van der Waals surface area contributed by atoms with Crippen molar-refractivity contribution in [3.8, 4) is 18.1 Å². The Balaban J connectivity index is 1.84. The first kappa shape index (κ1) is 22.2. The highest BCUT2D eigenvalue weighted by atomic mass is 32.2. The molecular weight excluding hydrogens is 440 g/mol. The molecule has 9 heteroatoms. The lowest BCUT2D eigenvalue weighted by Gasteiger charge is -2.04. The third-order valence-electron chi connectivity index (χ3n) is 4.36. The second-order valence-corrected chi connectivity index (χ2v) is 10.3. The van der Waals surface area contributed by atoms with E-state index in [2.05, 4.69) is 10.9 Å². The Kier molecular flexibility index (Phi) is 7.02. The molecule has 1 heterocycles. The molecule has 3 rings (SSSR count). The van der Waals surface area contributed by atoms with Crippen molar-refractivity contribution in [1.82, 2.24) is 4.57 Å². The van der Waals surface area contributed by atoms with E-state index in [1.165, 1.54) is 30.6 Å². The Morgan fingerprint density at radius 2 is 2.00 bits per heavy atom. The maximum absolute atomic E-state index is 12.5. The number of hydrogen-bond donors (Lipinski definition) is 0. The highest BCUT2D eigenvalue weighted by Crippen LogP contribution is 2.24. The molecule has 0 radical (unpaired) electrons. The standard InChI is InChI=1S/C21H20N2O4S3/c1-4-12-23-18-10-7-16(28-3)14-19(18)29-21(23)22-20(24)11-13-30(25,26)17-8-5-15(27-2)6-9-17/h1,5-10,14H,11-13H2,2-3H3. The number of thioether (sulfide) groups is 1.